The molecule has 2 aromatic rings. The van der Waals surface area contributed by atoms with Gasteiger partial charge in [-0.05, 0) is 67.0 Å². The monoisotopic (exact) mass is 562 g/mol. The average Bonchev–Trinajstić information content (AvgIpc) is 2.94. The third-order valence-corrected chi connectivity index (χ3v) is 12.8. The molecule has 0 spiro atoms. The quantitative estimate of drug-likeness (QED) is 0.159. The normalized spacial score (nSPS) is 17.2. The zero-order valence-corrected chi connectivity index (χ0v) is 26.0. The average molecular weight is 563 g/mol. The Morgan fingerprint density at radius 3 is 1.82 bits per heavy atom. The van der Waals surface area contributed by atoms with Gasteiger partial charge in [-0.2, -0.15) is 0 Å². The fourth-order valence-corrected chi connectivity index (χ4v) is 9.24. The predicted molar refractivity (Wildman–Crippen MR) is 165 cm³/mol. The summed E-state index contributed by atoms with van der Waals surface area (Å²) in [6.07, 6.45) is 7.84. The number of unbranched alkanes of at least 4 members (excludes halogenated alkanes) is 1. The van der Waals surface area contributed by atoms with Crippen LogP contribution in [0.4, 0.5) is 0 Å². The summed E-state index contributed by atoms with van der Waals surface area (Å²) < 4.78 is 10.6. The van der Waals surface area contributed by atoms with Gasteiger partial charge in [-0.15, -0.1) is 0 Å². The van der Waals surface area contributed by atoms with Crippen LogP contribution in [0.15, 0.2) is 60.7 Å². The molecular weight excluding hydrogens is 516 g/mol. The summed E-state index contributed by atoms with van der Waals surface area (Å²) in [5, 5.41) is 10.9. The molecule has 1 fully saturated rings. The molecule has 0 aromatic heterocycles. The van der Waals surface area contributed by atoms with Crippen LogP contribution < -0.4 is 0 Å². The van der Waals surface area contributed by atoms with E-state index >= 15 is 0 Å². The lowest BCUT2D eigenvalue weighted by molar-refractivity contribution is -0.140. The zero-order chi connectivity index (χ0) is 29.4. The van der Waals surface area contributed by atoms with Gasteiger partial charge in [-0.25, -0.2) is 9.59 Å². The first-order chi connectivity index (χ1) is 18.9. The molecule has 0 heterocycles. The fraction of sp³-hybridized carbons (Fsp3) is 0.471. The molecule has 1 aliphatic carbocycles. The van der Waals surface area contributed by atoms with Crippen LogP contribution in [0.1, 0.15) is 81.9 Å². The maximum Gasteiger partial charge on any atom is 0.333 e. The molecule has 0 radical (unpaired) electrons. The topological polar surface area (TPSA) is 72.8 Å². The van der Waals surface area contributed by atoms with Crippen LogP contribution in [-0.2, 0) is 32.3 Å². The number of ether oxygens (including phenoxy) is 2. The van der Waals surface area contributed by atoms with Gasteiger partial charge in [0.25, 0.3) is 0 Å². The van der Waals surface area contributed by atoms with Crippen molar-refractivity contribution in [3.63, 3.8) is 0 Å². The molecule has 0 atom stereocenters. The first kappa shape index (κ1) is 31.4. The lowest BCUT2D eigenvalue weighted by Crippen LogP contribution is -2.34. The third-order valence-electron chi connectivity index (χ3n) is 8.40. The van der Waals surface area contributed by atoms with Gasteiger partial charge in [-0.1, -0.05) is 89.2 Å². The Kier molecular flexibility index (Phi) is 11.0. The number of esters is 2. The summed E-state index contributed by atoms with van der Waals surface area (Å²) in [6, 6.07) is 13.7. The largest absolute Gasteiger partial charge is 0.507 e. The molecule has 0 unspecified atom stereocenters. The zero-order valence-electron chi connectivity index (χ0n) is 25.0. The lowest BCUT2D eigenvalue weighted by atomic mass is 9.83. The molecule has 0 bridgehead atoms. The number of carbonyl (C=O) groups excluding carboxylic acids is 2. The van der Waals surface area contributed by atoms with Gasteiger partial charge in [0.2, 0.25) is 0 Å². The Labute approximate surface area is 241 Å². The molecule has 0 saturated heterocycles. The smallest absolute Gasteiger partial charge is 0.333 e. The SMILES string of the molecule is C=C(C)C(=O)OCc1cc(-c2ccc(C3CCC([Si](C)(C)CCCC)CC3)cc2)cc(COC(=O)C(=C)C)c1O. The van der Waals surface area contributed by atoms with E-state index in [4.69, 9.17) is 9.47 Å². The molecule has 0 aliphatic heterocycles. The second-order valence-electron chi connectivity index (χ2n) is 12.1. The molecule has 1 saturated carbocycles. The van der Waals surface area contributed by atoms with E-state index in [0.717, 1.165) is 16.7 Å². The van der Waals surface area contributed by atoms with Crippen molar-refractivity contribution < 1.29 is 24.2 Å². The molecule has 2 aromatic carbocycles. The molecule has 3 rings (SSSR count). The van der Waals surface area contributed by atoms with E-state index in [1.807, 2.05) is 12.1 Å². The Hall–Kier alpha value is -3.12. The van der Waals surface area contributed by atoms with Crippen molar-refractivity contribution in [3.8, 4) is 16.9 Å². The van der Waals surface area contributed by atoms with Gasteiger partial charge in [-0.3, -0.25) is 0 Å². The highest BCUT2D eigenvalue weighted by atomic mass is 28.3. The third kappa shape index (κ3) is 8.20. The number of phenolic OH excluding ortho intramolecular Hbond substituents is 1. The van der Waals surface area contributed by atoms with Crippen LogP contribution in [0.25, 0.3) is 11.1 Å². The van der Waals surface area contributed by atoms with Crippen molar-refractivity contribution in [1.29, 1.82) is 0 Å². The highest BCUT2D eigenvalue weighted by molar-refractivity contribution is 6.78. The van der Waals surface area contributed by atoms with E-state index in [9.17, 15) is 14.7 Å². The minimum Gasteiger partial charge on any atom is -0.507 e. The minimum atomic E-state index is -1.16. The summed E-state index contributed by atoms with van der Waals surface area (Å²) >= 11 is 0. The number of hydrogen-bond donors (Lipinski definition) is 1. The van der Waals surface area contributed by atoms with Gasteiger partial charge in [0, 0.05) is 22.3 Å². The second kappa shape index (κ2) is 14.0. The van der Waals surface area contributed by atoms with Crippen LogP contribution in [0, 0.1) is 0 Å². The number of aromatic hydroxyl groups is 1. The Morgan fingerprint density at radius 1 is 0.875 bits per heavy atom. The standard InChI is InChI=1S/C34H46O5Si/c1-8-9-18-40(6,7)31-16-14-26(15-17-31)25-10-12-27(13-11-25)28-19-29(21-38-33(36)23(2)3)32(35)30(20-28)22-39-34(37)24(4)5/h10-13,19-20,26,31,35H,2,4,8-9,14-18,21-22H2,1,3,5-7H3. The Bertz CT molecular complexity index is 1170. The first-order valence-corrected chi connectivity index (χ1v) is 17.8. The maximum atomic E-state index is 12.0. The summed E-state index contributed by atoms with van der Waals surface area (Å²) in [7, 11) is -1.16. The number of carbonyl (C=O) groups is 2. The van der Waals surface area contributed by atoms with E-state index < -0.39 is 20.0 Å². The van der Waals surface area contributed by atoms with Crippen molar-refractivity contribution in [2.75, 3.05) is 0 Å². The Morgan fingerprint density at radius 2 is 1.38 bits per heavy atom. The van der Waals surface area contributed by atoms with Crippen LogP contribution in [-0.4, -0.2) is 25.1 Å². The van der Waals surface area contributed by atoms with Crippen molar-refractivity contribution in [3.05, 3.63) is 77.4 Å². The molecule has 5 nitrogen and oxygen atoms in total. The van der Waals surface area contributed by atoms with Gasteiger partial charge in [0.1, 0.15) is 19.0 Å². The molecule has 40 heavy (non-hydrogen) atoms. The summed E-state index contributed by atoms with van der Waals surface area (Å²) in [5.41, 5.74) is 5.56. The molecule has 1 aliphatic rings. The number of hydrogen-bond acceptors (Lipinski definition) is 5. The van der Waals surface area contributed by atoms with Crippen molar-refractivity contribution in [2.24, 2.45) is 0 Å². The highest BCUT2D eigenvalue weighted by Crippen LogP contribution is 2.45. The highest BCUT2D eigenvalue weighted by Gasteiger charge is 2.34. The molecule has 0 amide bonds. The molecule has 1 N–H and O–H groups in total. The van der Waals surface area contributed by atoms with E-state index in [2.05, 4.69) is 57.4 Å². The molecule has 216 valence electrons. The lowest BCUT2D eigenvalue weighted by Gasteiger charge is -2.38. The van der Waals surface area contributed by atoms with E-state index in [-0.39, 0.29) is 30.1 Å². The number of phenols is 1. The van der Waals surface area contributed by atoms with E-state index in [1.165, 1.54) is 50.1 Å². The van der Waals surface area contributed by atoms with Gasteiger partial charge < -0.3 is 14.6 Å². The van der Waals surface area contributed by atoms with Crippen LogP contribution in [0.2, 0.25) is 24.7 Å². The van der Waals surface area contributed by atoms with E-state index in [0.29, 0.717) is 17.0 Å². The van der Waals surface area contributed by atoms with Crippen LogP contribution in [0.5, 0.6) is 5.75 Å². The van der Waals surface area contributed by atoms with Crippen LogP contribution >= 0.6 is 0 Å². The van der Waals surface area contributed by atoms with Gasteiger partial charge in [0.15, 0.2) is 0 Å². The minimum absolute atomic E-state index is 0.0634. The van der Waals surface area contributed by atoms with Crippen molar-refractivity contribution in [2.45, 2.75) is 103 Å². The van der Waals surface area contributed by atoms with Gasteiger partial charge in [0.05, 0.1) is 8.07 Å². The van der Waals surface area contributed by atoms with Crippen molar-refractivity contribution in [1.82, 2.24) is 0 Å². The maximum absolute atomic E-state index is 12.0. The molecular formula is C34H46O5Si. The predicted octanol–water partition coefficient (Wildman–Crippen LogP) is 8.83. The fourth-order valence-electron chi connectivity index (χ4n) is 5.67. The number of benzene rings is 2. The Balaban J connectivity index is 1.79. The van der Waals surface area contributed by atoms with Gasteiger partial charge >= 0.3 is 11.9 Å². The summed E-state index contributed by atoms with van der Waals surface area (Å²) in [6.45, 7) is 17.6. The first-order valence-electron chi connectivity index (χ1n) is 14.5. The summed E-state index contributed by atoms with van der Waals surface area (Å²) in [5.74, 6) is -0.534. The molecule has 6 heteroatoms. The second-order valence-corrected chi connectivity index (χ2v) is 17.4. The van der Waals surface area contributed by atoms with Crippen LogP contribution in [0.3, 0.4) is 0 Å². The van der Waals surface area contributed by atoms with Crippen molar-refractivity contribution >= 4 is 20.0 Å². The number of rotatable bonds is 12. The summed E-state index contributed by atoms with van der Waals surface area (Å²) in [4.78, 5) is 24.0. The van der Waals surface area contributed by atoms with E-state index in [1.54, 1.807) is 13.8 Å².